The molecule has 106 valence electrons. The fourth-order valence-electron chi connectivity index (χ4n) is 2.32. The molecule has 3 heteroatoms. The van der Waals surface area contributed by atoms with E-state index in [1.807, 2.05) is 18.2 Å². The van der Waals surface area contributed by atoms with E-state index in [0.29, 0.717) is 0 Å². The van der Waals surface area contributed by atoms with Crippen LogP contribution in [-0.4, -0.2) is 0 Å². The zero-order valence-electron chi connectivity index (χ0n) is 11.7. The number of benzene rings is 2. The lowest BCUT2D eigenvalue weighted by Gasteiger charge is -2.23. The van der Waals surface area contributed by atoms with Gasteiger partial charge in [-0.25, -0.2) is 4.39 Å². The van der Waals surface area contributed by atoms with Gasteiger partial charge >= 0.3 is 0 Å². The van der Waals surface area contributed by atoms with E-state index in [4.69, 9.17) is 0 Å². The summed E-state index contributed by atoms with van der Waals surface area (Å²) >= 11 is 3.44. The Morgan fingerprint density at radius 2 is 1.80 bits per heavy atom. The van der Waals surface area contributed by atoms with Gasteiger partial charge in [-0.3, -0.25) is 0 Å². The van der Waals surface area contributed by atoms with Gasteiger partial charge in [0.05, 0.1) is 0 Å². The third-order valence-corrected chi connectivity index (χ3v) is 4.01. The molecular weight excluding hydrogens is 317 g/mol. The second-order valence-electron chi connectivity index (χ2n) is 4.96. The smallest absolute Gasteiger partial charge is 0.123 e. The van der Waals surface area contributed by atoms with Crippen LogP contribution in [-0.2, 0) is 0 Å². The highest BCUT2D eigenvalue weighted by atomic mass is 79.9. The van der Waals surface area contributed by atoms with Crippen molar-refractivity contribution in [2.24, 2.45) is 0 Å². The van der Waals surface area contributed by atoms with E-state index in [2.05, 4.69) is 47.2 Å². The molecule has 2 aromatic carbocycles. The summed E-state index contributed by atoms with van der Waals surface area (Å²) in [6.45, 7) is 4.24. The molecule has 0 aliphatic heterocycles. The van der Waals surface area contributed by atoms with Gasteiger partial charge in [-0.15, -0.1) is 0 Å². The average Bonchev–Trinajstić information content (AvgIpc) is 2.45. The quantitative estimate of drug-likeness (QED) is 0.772. The first-order valence-corrected chi connectivity index (χ1v) is 7.66. The molecule has 0 saturated carbocycles. The molecule has 0 amide bonds. The first-order chi connectivity index (χ1) is 9.60. The molecule has 0 aliphatic carbocycles. The van der Waals surface area contributed by atoms with Crippen LogP contribution in [0.4, 0.5) is 4.39 Å². The molecule has 2 rings (SSSR count). The van der Waals surface area contributed by atoms with Crippen LogP contribution in [0.2, 0.25) is 0 Å². The van der Waals surface area contributed by atoms with Crippen LogP contribution < -0.4 is 5.32 Å². The summed E-state index contributed by atoms with van der Waals surface area (Å²) < 4.78 is 14.4. The van der Waals surface area contributed by atoms with Gasteiger partial charge in [-0.1, -0.05) is 47.1 Å². The van der Waals surface area contributed by atoms with Crippen molar-refractivity contribution in [3.8, 4) is 0 Å². The molecule has 20 heavy (non-hydrogen) atoms. The lowest BCUT2D eigenvalue weighted by Crippen LogP contribution is -2.24. The highest BCUT2D eigenvalue weighted by Crippen LogP contribution is 2.23. The molecule has 0 heterocycles. The van der Waals surface area contributed by atoms with E-state index >= 15 is 0 Å². The van der Waals surface area contributed by atoms with E-state index < -0.39 is 0 Å². The van der Waals surface area contributed by atoms with Gasteiger partial charge in [-0.2, -0.15) is 0 Å². The van der Waals surface area contributed by atoms with E-state index in [9.17, 15) is 4.39 Å². The van der Waals surface area contributed by atoms with Crippen molar-refractivity contribution in [2.75, 3.05) is 0 Å². The van der Waals surface area contributed by atoms with Gasteiger partial charge in [0.1, 0.15) is 5.82 Å². The van der Waals surface area contributed by atoms with Crippen LogP contribution in [0.3, 0.4) is 0 Å². The first kappa shape index (κ1) is 15.2. The molecule has 2 aromatic rings. The van der Waals surface area contributed by atoms with Crippen molar-refractivity contribution >= 4 is 15.9 Å². The van der Waals surface area contributed by atoms with Gasteiger partial charge in [0.15, 0.2) is 0 Å². The van der Waals surface area contributed by atoms with Gasteiger partial charge in [0, 0.05) is 16.6 Å². The Balaban J connectivity index is 2.11. The van der Waals surface area contributed by atoms with Gasteiger partial charge < -0.3 is 5.32 Å². The van der Waals surface area contributed by atoms with E-state index in [1.54, 1.807) is 12.1 Å². The van der Waals surface area contributed by atoms with Crippen molar-refractivity contribution in [3.63, 3.8) is 0 Å². The molecule has 0 spiro atoms. The standard InChI is InChI=1S/C17H19BrFN/c1-3-17(14-5-4-6-16(19)11-14)20-12(2)13-7-9-15(18)10-8-13/h4-12,17,20H,3H2,1-2H3/t12-,17?/m1/s1. The van der Waals surface area contributed by atoms with Crippen LogP contribution >= 0.6 is 15.9 Å². The molecule has 0 saturated heterocycles. The summed E-state index contributed by atoms with van der Waals surface area (Å²) in [4.78, 5) is 0. The summed E-state index contributed by atoms with van der Waals surface area (Å²) in [5.41, 5.74) is 2.22. The van der Waals surface area contributed by atoms with Crippen molar-refractivity contribution in [2.45, 2.75) is 32.4 Å². The third-order valence-electron chi connectivity index (χ3n) is 3.48. The molecule has 1 nitrogen and oxygen atoms in total. The Hall–Kier alpha value is -1.19. The largest absolute Gasteiger partial charge is 0.303 e. The predicted octanol–water partition coefficient (Wildman–Crippen LogP) is 5.39. The number of halogens is 2. The van der Waals surface area contributed by atoms with Gasteiger partial charge in [-0.05, 0) is 48.7 Å². The Morgan fingerprint density at radius 3 is 2.40 bits per heavy atom. The van der Waals surface area contributed by atoms with Crippen LogP contribution in [0.25, 0.3) is 0 Å². The summed E-state index contributed by atoms with van der Waals surface area (Å²) in [5.74, 6) is -0.181. The third kappa shape index (κ3) is 3.90. The van der Waals surface area contributed by atoms with E-state index in [1.165, 1.54) is 11.6 Å². The summed E-state index contributed by atoms with van der Waals surface area (Å²) in [7, 11) is 0. The summed E-state index contributed by atoms with van der Waals surface area (Å²) in [6.07, 6.45) is 0.921. The van der Waals surface area contributed by atoms with Crippen LogP contribution in [0, 0.1) is 5.82 Å². The molecule has 1 unspecified atom stereocenters. The predicted molar refractivity (Wildman–Crippen MR) is 85.1 cm³/mol. The highest BCUT2D eigenvalue weighted by molar-refractivity contribution is 9.10. The van der Waals surface area contributed by atoms with Crippen molar-refractivity contribution < 1.29 is 4.39 Å². The Bertz CT molecular complexity index is 553. The summed E-state index contributed by atoms with van der Waals surface area (Å²) in [6, 6.07) is 15.5. The maximum Gasteiger partial charge on any atom is 0.123 e. The van der Waals surface area contributed by atoms with Crippen LogP contribution in [0.1, 0.15) is 43.5 Å². The molecule has 0 radical (unpaired) electrons. The van der Waals surface area contributed by atoms with Crippen molar-refractivity contribution in [3.05, 3.63) is 69.9 Å². The number of nitrogens with one attached hydrogen (secondary N) is 1. The van der Waals surface area contributed by atoms with E-state index in [-0.39, 0.29) is 17.9 Å². The zero-order valence-corrected chi connectivity index (χ0v) is 13.3. The Labute approximate surface area is 128 Å². The molecule has 0 aliphatic rings. The minimum absolute atomic E-state index is 0.157. The van der Waals surface area contributed by atoms with Crippen LogP contribution in [0.15, 0.2) is 53.0 Å². The fourth-order valence-corrected chi connectivity index (χ4v) is 2.59. The van der Waals surface area contributed by atoms with Gasteiger partial charge in [0.2, 0.25) is 0 Å². The molecule has 0 aromatic heterocycles. The fraction of sp³-hybridized carbons (Fsp3) is 0.294. The monoisotopic (exact) mass is 335 g/mol. The number of hydrogen-bond donors (Lipinski definition) is 1. The SMILES string of the molecule is CCC(N[C@H](C)c1ccc(Br)cc1)c1cccc(F)c1. The maximum atomic E-state index is 13.3. The molecule has 0 fully saturated rings. The van der Waals surface area contributed by atoms with Gasteiger partial charge in [0.25, 0.3) is 0 Å². The van der Waals surface area contributed by atoms with E-state index in [0.717, 1.165) is 16.5 Å². The average molecular weight is 336 g/mol. The minimum atomic E-state index is -0.181. The Morgan fingerprint density at radius 1 is 1.10 bits per heavy atom. The zero-order chi connectivity index (χ0) is 14.5. The second-order valence-corrected chi connectivity index (χ2v) is 5.87. The first-order valence-electron chi connectivity index (χ1n) is 6.87. The molecule has 0 bridgehead atoms. The highest BCUT2D eigenvalue weighted by Gasteiger charge is 2.14. The number of hydrogen-bond acceptors (Lipinski definition) is 1. The van der Waals surface area contributed by atoms with Crippen molar-refractivity contribution in [1.29, 1.82) is 0 Å². The molecule has 1 N–H and O–H groups in total. The topological polar surface area (TPSA) is 12.0 Å². The molecule has 2 atom stereocenters. The number of rotatable bonds is 5. The van der Waals surface area contributed by atoms with Crippen LogP contribution in [0.5, 0.6) is 0 Å². The lowest BCUT2D eigenvalue weighted by molar-refractivity contribution is 0.454. The maximum absolute atomic E-state index is 13.3. The van der Waals surface area contributed by atoms with Crippen molar-refractivity contribution in [1.82, 2.24) is 5.32 Å². The minimum Gasteiger partial charge on any atom is -0.303 e. The normalized spacial score (nSPS) is 14.0. The molecular formula is C17H19BrFN. The summed E-state index contributed by atoms with van der Waals surface area (Å²) in [5, 5.41) is 3.56. The lowest BCUT2D eigenvalue weighted by atomic mass is 10.0. The Kier molecular flexibility index (Phi) is 5.32. The second kappa shape index (κ2) is 7.00.